The fourth-order valence-electron chi connectivity index (χ4n) is 5.18. The fraction of sp³-hybridized carbons (Fsp3) is 0.370. The summed E-state index contributed by atoms with van der Waals surface area (Å²) in [5, 5.41) is 15.9. The predicted octanol–water partition coefficient (Wildman–Crippen LogP) is 3.69. The number of carboxylic acid groups (broad SMARTS) is 1. The number of fused-ring (bicyclic) bond motifs is 1. The molecule has 1 saturated heterocycles. The molecule has 1 aromatic heterocycles. The van der Waals surface area contributed by atoms with Gasteiger partial charge in [-0.05, 0) is 42.7 Å². The minimum absolute atomic E-state index is 0.129. The number of aromatic carboxylic acids is 1. The standard InChI is InChI=1S/C27H28FN5O3/c28-23-14-21-24(32(19-6-7-19)17-22(26(21)34)27(35)36)15-25(23)31-12-10-30(11-13-31)16-18-2-4-20(5-3-18)33-9-1-8-29-33/h2-5,8,14-15,17,19H,1,6-7,9-13,16H2,(H,35,36). The van der Waals surface area contributed by atoms with Gasteiger partial charge in [0, 0.05) is 69.5 Å². The van der Waals surface area contributed by atoms with Crippen LogP contribution in [0.4, 0.5) is 15.8 Å². The molecule has 8 nitrogen and oxygen atoms in total. The normalized spacial score (nSPS) is 18.4. The molecule has 36 heavy (non-hydrogen) atoms. The molecule has 0 radical (unpaired) electrons. The highest BCUT2D eigenvalue weighted by Gasteiger charge is 2.28. The van der Waals surface area contributed by atoms with Gasteiger partial charge in [-0.15, -0.1) is 0 Å². The molecule has 186 valence electrons. The first-order valence-corrected chi connectivity index (χ1v) is 12.5. The number of rotatable bonds is 6. The van der Waals surface area contributed by atoms with E-state index < -0.39 is 17.2 Å². The Hall–Kier alpha value is -3.72. The first kappa shape index (κ1) is 22.7. The first-order valence-electron chi connectivity index (χ1n) is 12.5. The van der Waals surface area contributed by atoms with Gasteiger partial charge >= 0.3 is 5.97 Å². The Balaban J connectivity index is 1.18. The van der Waals surface area contributed by atoms with Gasteiger partial charge in [-0.2, -0.15) is 5.10 Å². The fourth-order valence-corrected chi connectivity index (χ4v) is 5.18. The SMILES string of the molecule is O=C(O)c1cn(C2CC2)c2cc(N3CCN(Cc4ccc(N5CCC=N5)cc4)CC3)c(F)cc2c1=O. The molecule has 3 aliphatic rings. The van der Waals surface area contributed by atoms with Gasteiger partial charge in [0.2, 0.25) is 5.43 Å². The molecule has 1 aliphatic carbocycles. The van der Waals surface area contributed by atoms with Crippen molar-refractivity contribution in [2.75, 3.05) is 42.6 Å². The zero-order valence-corrected chi connectivity index (χ0v) is 19.9. The van der Waals surface area contributed by atoms with Gasteiger partial charge in [-0.25, -0.2) is 9.18 Å². The molecule has 0 spiro atoms. The maximum Gasteiger partial charge on any atom is 0.341 e. The third-order valence-corrected chi connectivity index (χ3v) is 7.32. The van der Waals surface area contributed by atoms with Gasteiger partial charge in [0.25, 0.3) is 0 Å². The number of hydrogen-bond acceptors (Lipinski definition) is 6. The molecule has 1 saturated carbocycles. The van der Waals surface area contributed by atoms with Crippen molar-refractivity contribution in [3.8, 4) is 0 Å². The summed E-state index contributed by atoms with van der Waals surface area (Å²) >= 11 is 0. The lowest BCUT2D eigenvalue weighted by Crippen LogP contribution is -2.46. The van der Waals surface area contributed by atoms with Crippen LogP contribution in [0.25, 0.3) is 10.9 Å². The molecular formula is C27H28FN5O3. The number of hydrazone groups is 1. The second-order valence-corrected chi connectivity index (χ2v) is 9.78. The van der Waals surface area contributed by atoms with Gasteiger partial charge in [0.15, 0.2) is 0 Å². The van der Waals surface area contributed by atoms with Crippen LogP contribution < -0.4 is 15.3 Å². The smallest absolute Gasteiger partial charge is 0.341 e. The molecule has 1 N–H and O–H groups in total. The Kier molecular flexibility index (Phi) is 5.72. The predicted molar refractivity (Wildman–Crippen MR) is 138 cm³/mol. The Morgan fingerprint density at radius 1 is 1.06 bits per heavy atom. The van der Waals surface area contributed by atoms with Crippen LogP contribution in [0.1, 0.15) is 41.2 Å². The molecule has 0 unspecified atom stereocenters. The Bertz CT molecular complexity index is 1410. The second kappa shape index (κ2) is 9.05. The van der Waals surface area contributed by atoms with E-state index in [0.717, 1.165) is 51.1 Å². The Morgan fingerprint density at radius 2 is 1.81 bits per heavy atom. The first-order chi connectivity index (χ1) is 17.5. The number of anilines is 2. The van der Waals surface area contributed by atoms with Crippen LogP contribution in [-0.4, -0.2) is 59.5 Å². The van der Waals surface area contributed by atoms with Crippen molar-refractivity contribution in [1.82, 2.24) is 9.47 Å². The van der Waals surface area contributed by atoms with Crippen LogP contribution >= 0.6 is 0 Å². The monoisotopic (exact) mass is 489 g/mol. The van der Waals surface area contributed by atoms with E-state index in [9.17, 15) is 14.7 Å². The van der Waals surface area contributed by atoms with Crippen molar-refractivity contribution in [3.63, 3.8) is 0 Å². The molecular weight excluding hydrogens is 461 g/mol. The molecule has 0 amide bonds. The third-order valence-electron chi connectivity index (χ3n) is 7.32. The molecule has 2 aliphatic heterocycles. The van der Waals surface area contributed by atoms with E-state index in [2.05, 4.69) is 34.3 Å². The summed E-state index contributed by atoms with van der Waals surface area (Å²) in [6.45, 7) is 4.68. The van der Waals surface area contributed by atoms with Crippen LogP contribution in [0.3, 0.4) is 0 Å². The highest BCUT2D eigenvalue weighted by molar-refractivity contribution is 5.93. The van der Waals surface area contributed by atoms with E-state index in [1.165, 1.54) is 17.8 Å². The minimum Gasteiger partial charge on any atom is -0.477 e. The summed E-state index contributed by atoms with van der Waals surface area (Å²) in [7, 11) is 0. The number of aromatic nitrogens is 1. The van der Waals surface area contributed by atoms with E-state index in [1.54, 1.807) is 6.07 Å². The highest BCUT2D eigenvalue weighted by Crippen LogP contribution is 2.38. The molecule has 2 fully saturated rings. The summed E-state index contributed by atoms with van der Waals surface area (Å²) in [4.78, 5) is 28.7. The van der Waals surface area contributed by atoms with Crippen LogP contribution in [0.2, 0.25) is 0 Å². The quantitative estimate of drug-likeness (QED) is 0.569. The van der Waals surface area contributed by atoms with Crippen molar-refractivity contribution in [3.05, 3.63) is 69.8 Å². The molecule has 6 rings (SSSR count). The number of benzene rings is 2. The van der Waals surface area contributed by atoms with E-state index >= 15 is 4.39 Å². The van der Waals surface area contributed by atoms with Gasteiger partial charge in [-0.3, -0.25) is 14.7 Å². The molecule has 9 heteroatoms. The number of carboxylic acids is 1. The number of piperazine rings is 1. The topological polar surface area (TPSA) is 81.4 Å². The molecule has 0 atom stereocenters. The lowest BCUT2D eigenvalue weighted by Gasteiger charge is -2.36. The molecule has 3 aromatic rings. The summed E-state index contributed by atoms with van der Waals surface area (Å²) < 4.78 is 17.1. The van der Waals surface area contributed by atoms with Crippen molar-refractivity contribution >= 4 is 34.5 Å². The van der Waals surface area contributed by atoms with E-state index in [4.69, 9.17) is 0 Å². The van der Waals surface area contributed by atoms with Gasteiger partial charge in [0.05, 0.1) is 16.9 Å². The van der Waals surface area contributed by atoms with Gasteiger partial charge in [-0.1, -0.05) is 12.1 Å². The average molecular weight is 490 g/mol. The van der Waals surface area contributed by atoms with E-state index in [-0.39, 0.29) is 17.0 Å². The molecule has 3 heterocycles. The van der Waals surface area contributed by atoms with Crippen LogP contribution in [0.5, 0.6) is 0 Å². The number of halogens is 1. The zero-order valence-electron chi connectivity index (χ0n) is 19.9. The minimum atomic E-state index is -1.28. The van der Waals surface area contributed by atoms with Crippen molar-refractivity contribution in [2.24, 2.45) is 5.10 Å². The van der Waals surface area contributed by atoms with Crippen LogP contribution in [-0.2, 0) is 6.54 Å². The highest BCUT2D eigenvalue weighted by atomic mass is 19.1. The number of nitrogens with zero attached hydrogens (tertiary/aromatic N) is 5. The summed E-state index contributed by atoms with van der Waals surface area (Å²) in [6.07, 6.45) is 6.19. The van der Waals surface area contributed by atoms with Crippen LogP contribution in [0, 0.1) is 5.82 Å². The Morgan fingerprint density at radius 3 is 2.44 bits per heavy atom. The largest absolute Gasteiger partial charge is 0.477 e. The Labute approximate surface area is 207 Å². The summed E-state index contributed by atoms with van der Waals surface area (Å²) in [5.74, 6) is -1.77. The van der Waals surface area contributed by atoms with Crippen molar-refractivity contribution in [1.29, 1.82) is 0 Å². The van der Waals surface area contributed by atoms with Crippen LogP contribution in [0.15, 0.2) is 52.5 Å². The lowest BCUT2D eigenvalue weighted by molar-refractivity contribution is 0.0695. The maximum absolute atomic E-state index is 15.2. The number of carbonyl (C=O) groups is 1. The van der Waals surface area contributed by atoms with E-state index in [1.807, 2.05) is 20.7 Å². The lowest BCUT2D eigenvalue weighted by atomic mass is 10.1. The average Bonchev–Trinajstić information content (AvgIpc) is 3.58. The van der Waals surface area contributed by atoms with Crippen molar-refractivity contribution in [2.45, 2.75) is 31.8 Å². The van der Waals surface area contributed by atoms with Gasteiger partial charge < -0.3 is 14.6 Å². The molecule has 2 aromatic carbocycles. The second-order valence-electron chi connectivity index (χ2n) is 9.78. The molecule has 0 bridgehead atoms. The summed E-state index contributed by atoms with van der Waals surface area (Å²) in [6, 6.07) is 11.6. The van der Waals surface area contributed by atoms with Gasteiger partial charge in [0.1, 0.15) is 11.4 Å². The number of hydrogen-bond donors (Lipinski definition) is 1. The third kappa shape index (κ3) is 4.24. The van der Waals surface area contributed by atoms with E-state index in [0.29, 0.717) is 24.3 Å². The summed E-state index contributed by atoms with van der Waals surface area (Å²) in [5.41, 5.74) is 2.46. The van der Waals surface area contributed by atoms with Crippen molar-refractivity contribution < 1.29 is 14.3 Å². The number of pyridine rings is 1. The zero-order chi connectivity index (χ0) is 24.8. The maximum atomic E-state index is 15.2.